The summed E-state index contributed by atoms with van der Waals surface area (Å²) in [6.07, 6.45) is 6.31. The average molecular weight is 498 g/mol. The van der Waals surface area contributed by atoms with Crippen molar-refractivity contribution >= 4 is 15.8 Å². The molecule has 192 valence electrons. The number of methoxy groups -OCH3 is 2. The lowest BCUT2D eigenvalue weighted by Gasteiger charge is -2.37. The molecule has 8 nitrogen and oxygen atoms in total. The van der Waals surface area contributed by atoms with Crippen LogP contribution in [0.2, 0.25) is 0 Å². The van der Waals surface area contributed by atoms with Gasteiger partial charge >= 0.3 is 5.97 Å². The summed E-state index contributed by atoms with van der Waals surface area (Å²) in [5.74, 6) is 0.292. The highest BCUT2D eigenvalue weighted by atomic mass is 32.2. The first-order chi connectivity index (χ1) is 16.3. The first kappa shape index (κ1) is 26.8. The Morgan fingerprint density at radius 2 is 1.85 bits per heavy atom. The van der Waals surface area contributed by atoms with Gasteiger partial charge in [0.15, 0.2) is 21.3 Å². The summed E-state index contributed by atoms with van der Waals surface area (Å²) in [5, 5.41) is 0. The van der Waals surface area contributed by atoms with Gasteiger partial charge in [0.25, 0.3) is 0 Å². The number of nitrogens with zero attached hydrogens (tertiary/aromatic N) is 1. The van der Waals surface area contributed by atoms with Crippen molar-refractivity contribution in [2.75, 3.05) is 45.4 Å². The molecule has 1 heterocycles. The van der Waals surface area contributed by atoms with E-state index in [9.17, 15) is 13.2 Å². The Bertz CT molecular complexity index is 905. The Hall–Kier alpha value is -1.84. The van der Waals surface area contributed by atoms with Crippen LogP contribution in [0.4, 0.5) is 0 Å². The van der Waals surface area contributed by atoms with Crippen molar-refractivity contribution in [3.05, 3.63) is 23.8 Å². The predicted octanol–water partition coefficient (Wildman–Crippen LogP) is 3.02. The topological polar surface area (TPSA) is 91.4 Å². The second-order valence-corrected chi connectivity index (χ2v) is 11.4. The largest absolute Gasteiger partial charge is 0.493 e. The lowest BCUT2D eigenvalue weighted by molar-refractivity contribution is -0.145. The maximum absolute atomic E-state index is 12.1. The van der Waals surface area contributed by atoms with E-state index in [1.807, 2.05) is 18.2 Å². The normalized spacial score (nSPS) is 23.6. The van der Waals surface area contributed by atoms with Gasteiger partial charge in [0.2, 0.25) is 0 Å². The van der Waals surface area contributed by atoms with Crippen LogP contribution >= 0.6 is 0 Å². The minimum Gasteiger partial charge on any atom is -0.493 e. The molecular weight excluding hydrogens is 458 g/mol. The Kier molecular flexibility index (Phi) is 10.0. The van der Waals surface area contributed by atoms with Gasteiger partial charge in [-0.3, -0.25) is 9.69 Å². The highest BCUT2D eigenvalue weighted by molar-refractivity contribution is 7.92. The molecule has 1 saturated carbocycles. The minimum absolute atomic E-state index is 0.0172. The molecule has 0 N–H and O–H groups in total. The minimum atomic E-state index is -3.38. The van der Waals surface area contributed by atoms with Crippen molar-refractivity contribution in [1.29, 1.82) is 0 Å². The fourth-order valence-electron chi connectivity index (χ4n) is 4.99. The van der Waals surface area contributed by atoms with Gasteiger partial charge in [-0.1, -0.05) is 25.8 Å². The van der Waals surface area contributed by atoms with Gasteiger partial charge in [-0.15, -0.1) is 0 Å². The van der Waals surface area contributed by atoms with E-state index in [0.29, 0.717) is 31.4 Å². The molecule has 0 bridgehead atoms. The number of sulfone groups is 1. The highest BCUT2D eigenvalue weighted by Crippen LogP contribution is 2.30. The Balaban J connectivity index is 1.49. The zero-order valence-corrected chi connectivity index (χ0v) is 21.5. The van der Waals surface area contributed by atoms with Crippen LogP contribution in [0.25, 0.3) is 0 Å². The Labute approximate surface area is 203 Å². The van der Waals surface area contributed by atoms with E-state index < -0.39 is 21.6 Å². The third-order valence-electron chi connectivity index (χ3n) is 6.63. The molecular formula is C25H39NO7S. The van der Waals surface area contributed by atoms with Crippen LogP contribution in [0.15, 0.2) is 18.2 Å². The summed E-state index contributed by atoms with van der Waals surface area (Å²) >= 11 is 0. The zero-order valence-electron chi connectivity index (χ0n) is 20.7. The van der Waals surface area contributed by atoms with Crippen LogP contribution in [0, 0.1) is 0 Å². The predicted molar refractivity (Wildman–Crippen MR) is 130 cm³/mol. The van der Waals surface area contributed by atoms with Crippen LogP contribution in [0.5, 0.6) is 11.5 Å². The molecule has 1 aromatic carbocycles. The van der Waals surface area contributed by atoms with Gasteiger partial charge in [-0.25, -0.2) is 8.42 Å². The van der Waals surface area contributed by atoms with Crippen molar-refractivity contribution < 1.29 is 32.2 Å². The number of hydrogen-bond acceptors (Lipinski definition) is 8. The lowest BCUT2D eigenvalue weighted by Crippen LogP contribution is -2.46. The summed E-state index contributed by atoms with van der Waals surface area (Å²) in [6.45, 7) is 3.88. The van der Waals surface area contributed by atoms with Gasteiger partial charge in [0, 0.05) is 19.1 Å². The van der Waals surface area contributed by atoms with Crippen molar-refractivity contribution in [1.82, 2.24) is 4.90 Å². The van der Waals surface area contributed by atoms with Gasteiger partial charge in [-0.05, 0) is 49.8 Å². The second-order valence-electron chi connectivity index (χ2n) is 9.19. The summed E-state index contributed by atoms with van der Waals surface area (Å²) in [6, 6.07) is 6.23. The molecule has 34 heavy (non-hydrogen) atoms. The van der Waals surface area contributed by atoms with E-state index in [4.69, 9.17) is 18.9 Å². The lowest BCUT2D eigenvalue weighted by atomic mass is 9.91. The molecule has 2 aliphatic rings. The quantitative estimate of drug-likeness (QED) is 0.407. The van der Waals surface area contributed by atoms with E-state index in [1.54, 1.807) is 21.1 Å². The molecule has 0 spiro atoms. The van der Waals surface area contributed by atoms with E-state index in [-0.39, 0.29) is 18.0 Å². The van der Waals surface area contributed by atoms with Crippen LogP contribution in [-0.2, 0) is 30.5 Å². The van der Waals surface area contributed by atoms with E-state index >= 15 is 0 Å². The first-order valence-corrected chi connectivity index (χ1v) is 14.1. The number of carbonyl (C=O) groups is 1. The van der Waals surface area contributed by atoms with E-state index in [2.05, 4.69) is 4.90 Å². The third kappa shape index (κ3) is 7.58. The third-order valence-corrected chi connectivity index (χ3v) is 8.34. The summed E-state index contributed by atoms with van der Waals surface area (Å²) in [5.41, 5.74) is 1.14. The smallest absolute Gasteiger partial charge is 0.321 e. The average Bonchev–Trinajstić information content (AvgIpc) is 3.26. The Morgan fingerprint density at radius 3 is 2.59 bits per heavy atom. The van der Waals surface area contributed by atoms with Gasteiger partial charge in [0.1, 0.15) is 11.9 Å². The molecule has 1 aliphatic heterocycles. The first-order valence-electron chi connectivity index (χ1n) is 12.3. The molecule has 3 rings (SSSR count). The molecule has 0 amide bonds. The van der Waals surface area contributed by atoms with Crippen molar-refractivity contribution in [3.63, 3.8) is 0 Å². The summed E-state index contributed by atoms with van der Waals surface area (Å²) in [7, 11) is -0.119. The molecule has 2 fully saturated rings. The van der Waals surface area contributed by atoms with Crippen LogP contribution in [0.1, 0.15) is 51.0 Å². The SMILES string of the molecule is CCCS(=O)(=O)CC(=O)O[C@@H]1CCN([C@@H]2CCCC[C@H]2OCCc2ccc(OC)c(OC)c2)C1. The Morgan fingerprint density at radius 1 is 1.09 bits per heavy atom. The van der Waals surface area contributed by atoms with Gasteiger partial charge < -0.3 is 18.9 Å². The molecule has 9 heteroatoms. The number of hydrogen-bond donors (Lipinski definition) is 0. The van der Waals surface area contributed by atoms with Crippen LogP contribution < -0.4 is 9.47 Å². The molecule has 0 aromatic heterocycles. The number of carbonyl (C=O) groups excluding carboxylic acids is 1. The number of esters is 1. The molecule has 1 aliphatic carbocycles. The molecule has 1 saturated heterocycles. The standard InChI is InChI=1S/C25H39NO7S/c1-4-15-34(28,29)18-25(27)33-20-11-13-26(17-20)21-7-5-6-8-22(21)32-14-12-19-9-10-23(30-2)24(16-19)31-3/h9-10,16,20-22H,4-8,11-15,17-18H2,1-3H3/t20-,21-,22-/m1/s1. The van der Waals surface area contributed by atoms with Crippen LogP contribution in [0.3, 0.4) is 0 Å². The number of rotatable bonds is 12. The maximum atomic E-state index is 12.1. The molecule has 3 atom stereocenters. The maximum Gasteiger partial charge on any atom is 0.321 e. The summed E-state index contributed by atoms with van der Waals surface area (Å²) < 4.78 is 46.4. The van der Waals surface area contributed by atoms with Gasteiger partial charge in [0.05, 0.1) is 32.7 Å². The van der Waals surface area contributed by atoms with Crippen LogP contribution in [-0.4, -0.2) is 83.0 Å². The molecule has 0 unspecified atom stereocenters. The van der Waals surface area contributed by atoms with Crippen molar-refractivity contribution in [3.8, 4) is 11.5 Å². The van der Waals surface area contributed by atoms with E-state index in [0.717, 1.165) is 56.4 Å². The number of ether oxygens (including phenoxy) is 4. The molecule has 1 aromatic rings. The fraction of sp³-hybridized carbons (Fsp3) is 0.720. The molecule has 0 radical (unpaired) electrons. The highest BCUT2D eigenvalue weighted by Gasteiger charge is 2.36. The summed E-state index contributed by atoms with van der Waals surface area (Å²) in [4.78, 5) is 14.5. The van der Waals surface area contributed by atoms with Gasteiger partial charge in [-0.2, -0.15) is 0 Å². The van der Waals surface area contributed by atoms with Crippen molar-refractivity contribution in [2.45, 2.75) is 70.1 Å². The number of likely N-dealkylation sites (tertiary alicyclic amines) is 1. The van der Waals surface area contributed by atoms with Crippen molar-refractivity contribution in [2.24, 2.45) is 0 Å². The van der Waals surface area contributed by atoms with E-state index in [1.165, 1.54) is 0 Å². The second kappa shape index (κ2) is 12.7. The number of benzene rings is 1. The fourth-order valence-corrected chi connectivity index (χ4v) is 6.18. The zero-order chi connectivity index (χ0) is 24.6. The monoisotopic (exact) mass is 497 g/mol.